The second-order valence-electron chi connectivity index (χ2n) is 8.37. The number of fused-ring (bicyclic) bond motifs is 1. The first-order valence-corrected chi connectivity index (χ1v) is 9.81. The van der Waals surface area contributed by atoms with Gasteiger partial charge in [-0.15, -0.1) is 0 Å². The van der Waals surface area contributed by atoms with Gasteiger partial charge >= 0.3 is 12.3 Å². The number of nitrogens with zero attached hydrogens (tertiary/aromatic N) is 2. The number of alkyl halides is 3. The SMILES string of the molecule is C[C@@H](c1ccccc1)N1C(=O)[C@H](NC(=O)OC(C)(C)C)Cc2ccc(C(F)(F)F)nc21. The normalized spacial score (nSPS) is 17.7. The Morgan fingerprint density at radius 3 is 2.39 bits per heavy atom. The van der Waals surface area contributed by atoms with Gasteiger partial charge in [0.05, 0.1) is 6.04 Å². The number of hydrogen-bond acceptors (Lipinski definition) is 4. The van der Waals surface area contributed by atoms with E-state index in [4.69, 9.17) is 4.74 Å². The summed E-state index contributed by atoms with van der Waals surface area (Å²) in [5.41, 5.74) is -0.696. The van der Waals surface area contributed by atoms with E-state index in [2.05, 4.69) is 10.3 Å². The predicted octanol–water partition coefficient (Wildman–Crippen LogP) is 4.64. The minimum absolute atomic E-state index is 0.0105. The molecule has 9 heteroatoms. The third-order valence-corrected chi connectivity index (χ3v) is 4.79. The molecule has 0 aliphatic carbocycles. The van der Waals surface area contributed by atoms with Crippen molar-refractivity contribution in [2.45, 2.75) is 58.0 Å². The molecule has 2 aromatic rings. The Labute approximate surface area is 178 Å². The van der Waals surface area contributed by atoms with Crippen LogP contribution in [0.3, 0.4) is 0 Å². The van der Waals surface area contributed by atoms with Crippen LogP contribution in [-0.2, 0) is 22.1 Å². The van der Waals surface area contributed by atoms with Crippen molar-refractivity contribution in [1.29, 1.82) is 0 Å². The Morgan fingerprint density at radius 2 is 1.81 bits per heavy atom. The van der Waals surface area contributed by atoms with Crippen molar-refractivity contribution in [3.8, 4) is 0 Å². The van der Waals surface area contributed by atoms with Gasteiger partial charge in [0, 0.05) is 6.42 Å². The summed E-state index contributed by atoms with van der Waals surface area (Å²) in [5.74, 6) is -0.611. The van der Waals surface area contributed by atoms with Gasteiger partial charge in [0.15, 0.2) is 0 Å². The molecule has 0 bridgehead atoms. The zero-order valence-electron chi connectivity index (χ0n) is 17.7. The van der Waals surface area contributed by atoms with Crippen LogP contribution in [0.2, 0.25) is 0 Å². The number of halogens is 3. The molecule has 1 N–H and O–H groups in total. The molecule has 0 saturated carbocycles. The highest BCUT2D eigenvalue weighted by Gasteiger charge is 2.41. The van der Waals surface area contributed by atoms with E-state index in [9.17, 15) is 22.8 Å². The highest BCUT2D eigenvalue weighted by molar-refractivity contribution is 6.01. The molecule has 1 aromatic carbocycles. The highest BCUT2D eigenvalue weighted by Crippen LogP contribution is 2.37. The zero-order valence-corrected chi connectivity index (χ0v) is 17.7. The molecule has 2 heterocycles. The molecule has 0 saturated heterocycles. The summed E-state index contributed by atoms with van der Waals surface area (Å²) in [4.78, 5) is 30.5. The first kappa shape index (κ1) is 22.6. The molecule has 6 nitrogen and oxygen atoms in total. The number of aromatic nitrogens is 1. The Bertz CT molecular complexity index is 971. The molecule has 0 unspecified atom stereocenters. The summed E-state index contributed by atoms with van der Waals surface area (Å²) < 4.78 is 45.1. The average Bonchev–Trinajstić information content (AvgIpc) is 2.66. The molecule has 0 spiro atoms. The molecule has 3 rings (SSSR count). The molecule has 31 heavy (non-hydrogen) atoms. The third kappa shape index (κ3) is 5.15. The minimum Gasteiger partial charge on any atom is -0.444 e. The van der Waals surface area contributed by atoms with Gasteiger partial charge in [0.1, 0.15) is 23.2 Å². The van der Waals surface area contributed by atoms with Crippen LogP contribution < -0.4 is 10.2 Å². The number of hydrogen-bond donors (Lipinski definition) is 1. The van der Waals surface area contributed by atoms with Crippen molar-refractivity contribution < 1.29 is 27.5 Å². The van der Waals surface area contributed by atoms with E-state index in [0.29, 0.717) is 5.56 Å². The molecule has 1 aliphatic rings. The maximum atomic E-state index is 13.3. The van der Waals surface area contributed by atoms with E-state index in [-0.39, 0.29) is 12.2 Å². The van der Waals surface area contributed by atoms with E-state index in [1.54, 1.807) is 58.0 Å². The molecular weight excluding hydrogens is 411 g/mol. The van der Waals surface area contributed by atoms with Gasteiger partial charge in [0.2, 0.25) is 0 Å². The van der Waals surface area contributed by atoms with Crippen molar-refractivity contribution in [3.05, 3.63) is 59.3 Å². The van der Waals surface area contributed by atoms with Gasteiger partial charge in [-0.3, -0.25) is 9.69 Å². The topological polar surface area (TPSA) is 71.5 Å². The Morgan fingerprint density at radius 1 is 1.16 bits per heavy atom. The van der Waals surface area contributed by atoms with Gasteiger partial charge in [0.25, 0.3) is 5.91 Å². The number of nitrogens with one attached hydrogen (secondary N) is 1. The maximum Gasteiger partial charge on any atom is 0.433 e. The number of amides is 2. The molecule has 2 atom stereocenters. The lowest BCUT2D eigenvalue weighted by molar-refractivity contribution is -0.141. The molecule has 1 aliphatic heterocycles. The summed E-state index contributed by atoms with van der Waals surface area (Å²) in [5, 5.41) is 2.54. The van der Waals surface area contributed by atoms with Crippen LogP contribution in [0.25, 0.3) is 0 Å². The average molecular weight is 435 g/mol. The second kappa shape index (κ2) is 8.20. The van der Waals surface area contributed by atoms with Gasteiger partial charge in [-0.25, -0.2) is 9.78 Å². The fourth-order valence-corrected chi connectivity index (χ4v) is 3.40. The van der Waals surface area contributed by atoms with Gasteiger partial charge in [-0.1, -0.05) is 36.4 Å². The molecule has 0 radical (unpaired) electrons. The minimum atomic E-state index is -4.65. The molecule has 0 fully saturated rings. The van der Waals surface area contributed by atoms with Crippen molar-refractivity contribution in [2.24, 2.45) is 0 Å². The summed E-state index contributed by atoms with van der Waals surface area (Å²) in [6, 6.07) is 9.48. The number of rotatable bonds is 3. The lowest BCUT2D eigenvalue weighted by Gasteiger charge is -2.37. The first-order valence-electron chi connectivity index (χ1n) is 9.81. The van der Waals surface area contributed by atoms with Crippen LogP contribution in [-0.4, -0.2) is 28.6 Å². The summed E-state index contributed by atoms with van der Waals surface area (Å²) in [6.07, 6.45) is -5.41. The monoisotopic (exact) mass is 435 g/mol. The fraction of sp³-hybridized carbons (Fsp3) is 0.409. The van der Waals surface area contributed by atoms with Crippen LogP contribution in [0.1, 0.15) is 50.6 Å². The number of carbonyl (C=O) groups is 2. The van der Waals surface area contributed by atoms with Gasteiger partial charge in [-0.2, -0.15) is 13.2 Å². The van der Waals surface area contributed by atoms with Crippen LogP contribution in [0.4, 0.5) is 23.8 Å². The van der Waals surface area contributed by atoms with E-state index in [0.717, 1.165) is 11.6 Å². The van der Waals surface area contributed by atoms with E-state index in [1.165, 1.54) is 11.0 Å². The predicted molar refractivity (Wildman–Crippen MR) is 108 cm³/mol. The second-order valence-corrected chi connectivity index (χ2v) is 8.37. The standard InChI is InChI=1S/C22H24F3N3O3/c1-13(14-8-6-5-7-9-14)28-18-15(10-11-17(27-18)22(23,24)25)12-16(19(28)29)26-20(30)31-21(2,3)4/h5-11,13,16H,12H2,1-4H3,(H,26,30)/t13-,16+/m0/s1. The Kier molecular flexibility index (Phi) is 5.98. The number of pyridine rings is 1. The van der Waals surface area contributed by atoms with Crippen LogP contribution >= 0.6 is 0 Å². The van der Waals surface area contributed by atoms with Crippen molar-refractivity contribution in [3.63, 3.8) is 0 Å². The Hall–Kier alpha value is -3.10. The van der Waals surface area contributed by atoms with Crippen LogP contribution in [0, 0.1) is 0 Å². The summed E-state index contributed by atoms with van der Waals surface area (Å²) >= 11 is 0. The van der Waals surface area contributed by atoms with Crippen LogP contribution in [0.5, 0.6) is 0 Å². The molecule has 166 valence electrons. The molecule has 1 aromatic heterocycles. The number of alkyl carbamates (subject to hydrolysis) is 1. The third-order valence-electron chi connectivity index (χ3n) is 4.79. The van der Waals surface area contributed by atoms with E-state index >= 15 is 0 Å². The lowest BCUT2D eigenvalue weighted by atomic mass is 9.96. The largest absolute Gasteiger partial charge is 0.444 e. The van der Waals surface area contributed by atoms with E-state index < -0.39 is 41.6 Å². The van der Waals surface area contributed by atoms with Gasteiger partial charge in [-0.05, 0) is 44.9 Å². The fourth-order valence-electron chi connectivity index (χ4n) is 3.40. The Balaban J connectivity index is 2.01. The smallest absolute Gasteiger partial charge is 0.433 e. The quantitative estimate of drug-likeness (QED) is 0.762. The number of carbonyl (C=O) groups excluding carboxylic acids is 2. The number of anilines is 1. The number of benzene rings is 1. The maximum absolute atomic E-state index is 13.3. The van der Waals surface area contributed by atoms with Gasteiger partial charge < -0.3 is 10.1 Å². The lowest BCUT2D eigenvalue weighted by Crippen LogP contribution is -2.54. The first-order chi connectivity index (χ1) is 14.4. The molecular formula is C22H24F3N3O3. The summed E-state index contributed by atoms with van der Waals surface area (Å²) in [7, 11) is 0. The summed E-state index contributed by atoms with van der Waals surface area (Å²) in [6.45, 7) is 6.78. The molecule has 2 amide bonds. The number of ether oxygens (including phenoxy) is 1. The van der Waals surface area contributed by atoms with Crippen LogP contribution in [0.15, 0.2) is 42.5 Å². The highest BCUT2D eigenvalue weighted by atomic mass is 19.4. The zero-order chi connectivity index (χ0) is 23.0. The van der Waals surface area contributed by atoms with Crippen molar-refractivity contribution >= 4 is 17.8 Å². The van der Waals surface area contributed by atoms with E-state index in [1.807, 2.05) is 0 Å². The van der Waals surface area contributed by atoms with Crippen molar-refractivity contribution in [1.82, 2.24) is 10.3 Å². The van der Waals surface area contributed by atoms with Crippen molar-refractivity contribution in [2.75, 3.05) is 4.90 Å².